The second-order valence-electron chi connectivity index (χ2n) is 5.70. The molecule has 0 aliphatic heterocycles. The third-order valence-electron chi connectivity index (χ3n) is 3.63. The zero-order valence-electron chi connectivity index (χ0n) is 15.2. The van der Waals surface area contributed by atoms with Gasteiger partial charge in [0.15, 0.2) is 13.2 Å². The molecule has 2 aromatic carbocycles. The average Bonchev–Trinajstić information content (AvgIpc) is 2.61. The van der Waals surface area contributed by atoms with Crippen molar-refractivity contribution in [1.29, 1.82) is 0 Å². The van der Waals surface area contributed by atoms with Crippen LogP contribution >= 0.6 is 0 Å². The molecule has 0 aliphatic rings. The zero-order chi connectivity index (χ0) is 18.9. The molecule has 0 bridgehead atoms. The molecule has 0 aliphatic carbocycles. The lowest BCUT2D eigenvalue weighted by Gasteiger charge is -2.10. The molecule has 0 spiro atoms. The highest BCUT2D eigenvalue weighted by Crippen LogP contribution is 2.18. The van der Waals surface area contributed by atoms with Gasteiger partial charge in [-0.2, -0.15) is 0 Å². The summed E-state index contributed by atoms with van der Waals surface area (Å²) in [5.74, 6) is 0.384. The highest BCUT2D eigenvalue weighted by Gasteiger charge is 2.07. The van der Waals surface area contributed by atoms with Gasteiger partial charge in [-0.25, -0.2) is 4.79 Å². The number of carbonyl (C=O) groups excluding carboxylic acids is 2. The van der Waals surface area contributed by atoms with Crippen LogP contribution in [0.1, 0.15) is 18.1 Å². The molecule has 2 aromatic rings. The molecule has 0 radical (unpaired) electrons. The first kappa shape index (κ1) is 19.3. The summed E-state index contributed by atoms with van der Waals surface area (Å²) < 4.78 is 15.6. The van der Waals surface area contributed by atoms with E-state index in [0.717, 1.165) is 5.56 Å². The van der Waals surface area contributed by atoms with E-state index in [4.69, 9.17) is 14.2 Å². The smallest absolute Gasteiger partial charge is 0.344 e. The van der Waals surface area contributed by atoms with E-state index < -0.39 is 5.97 Å². The Bertz CT molecular complexity index is 773. The van der Waals surface area contributed by atoms with Crippen LogP contribution in [0.25, 0.3) is 0 Å². The van der Waals surface area contributed by atoms with Crippen LogP contribution in [0.5, 0.6) is 11.5 Å². The van der Waals surface area contributed by atoms with Crippen molar-refractivity contribution in [3.63, 3.8) is 0 Å². The first-order valence-corrected chi connectivity index (χ1v) is 8.36. The maximum atomic E-state index is 12.0. The maximum absolute atomic E-state index is 12.0. The number of amides is 1. The zero-order valence-corrected chi connectivity index (χ0v) is 15.2. The van der Waals surface area contributed by atoms with E-state index in [-0.39, 0.29) is 19.1 Å². The molecule has 0 heterocycles. The molecule has 138 valence electrons. The molecule has 0 aromatic heterocycles. The largest absolute Gasteiger partial charge is 0.484 e. The van der Waals surface area contributed by atoms with Gasteiger partial charge in [-0.1, -0.05) is 12.1 Å². The van der Waals surface area contributed by atoms with E-state index in [1.54, 1.807) is 31.2 Å². The highest BCUT2D eigenvalue weighted by atomic mass is 16.6. The number of benzene rings is 2. The molecule has 26 heavy (non-hydrogen) atoms. The molecular formula is C20H23NO5. The fraction of sp³-hybridized carbons (Fsp3) is 0.300. The summed E-state index contributed by atoms with van der Waals surface area (Å²) in [5, 5.41) is 2.73. The first-order valence-electron chi connectivity index (χ1n) is 8.36. The standard InChI is InChI=1S/C20H23NO5/c1-4-24-20(23)13-26-17-7-5-6-16(11-17)21-19(22)12-25-18-9-8-14(2)15(3)10-18/h5-11H,4,12-13H2,1-3H3,(H,21,22). The predicted molar refractivity (Wildman–Crippen MR) is 98.6 cm³/mol. The summed E-state index contributed by atoms with van der Waals surface area (Å²) >= 11 is 0. The van der Waals surface area contributed by atoms with Gasteiger partial charge in [0.25, 0.3) is 5.91 Å². The third kappa shape index (κ3) is 6.12. The van der Waals surface area contributed by atoms with Gasteiger partial charge in [0.1, 0.15) is 11.5 Å². The second kappa shape index (κ2) is 9.46. The molecule has 6 nitrogen and oxygen atoms in total. The van der Waals surface area contributed by atoms with Crippen molar-refractivity contribution in [3.05, 3.63) is 53.6 Å². The molecule has 0 atom stereocenters. The number of aryl methyl sites for hydroxylation is 2. The lowest BCUT2D eigenvalue weighted by molar-refractivity contribution is -0.145. The third-order valence-corrected chi connectivity index (χ3v) is 3.63. The summed E-state index contributed by atoms with van der Waals surface area (Å²) in [4.78, 5) is 23.4. The molecule has 0 saturated heterocycles. The van der Waals surface area contributed by atoms with E-state index in [2.05, 4.69) is 5.32 Å². The van der Waals surface area contributed by atoms with Gasteiger partial charge >= 0.3 is 5.97 Å². The van der Waals surface area contributed by atoms with Crippen LogP contribution in [0.2, 0.25) is 0 Å². The number of esters is 1. The van der Waals surface area contributed by atoms with E-state index in [1.165, 1.54) is 5.56 Å². The lowest BCUT2D eigenvalue weighted by Crippen LogP contribution is -2.20. The Morgan fingerprint density at radius 3 is 2.38 bits per heavy atom. The van der Waals surface area contributed by atoms with Gasteiger partial charge in [-0.15, -0.1) is 0 Å². The Balaban J connectivity index is 1.85. The maximum Gasteiger partial charge on any atom is 0.344 e. The number of ether oxygens (including phenoxy) is 3. The SMILES string of the molecule is CCOC(=O)COc1cccc(NC(=O)COc2ccc(C)c(C)c2)c1. The first-order chi connectivity index (χ1) is 12.5. The summed E-state index contributed by atoms with van der Waals surface area (Å²) in [6.45, 7) is 5.76. The van der Waals surface area contributed by atoms with Crippen molar-refractivity contribution in [2.75, 3.05) is 25.1 Å². The second-order valence-corrected chi connectivity index (χ2v) is 5.70. The minimum Gasteiger partial charge on any atom is -0.484 e. The molecule has 0 saturated carbocycles. The number of carbonyl (C=O) groups is 2. The minimum absolute atomic E-state index is 0.101. The van der Waals surface area contributed by atoms with Gasteiger partial charge in [0.2, 0.25) is 0 Å². The van der Waals surface area contributed by atoms with Crippen molar-refractivity contribution in [1.82, 2.24) is 0 Å². The Hall–Kier alpha value is -3.02. The average molecular weight is 357 g/mol. The number of nitrogens with one attached hydrogen (secondary N) is 1. The number of anilines is 1. The summed E-state index contributed by atoms with van der Waals surface area (Å²) in [5.41, 5.74) is 2.83. The number of rotatable bonds is 8. The molecule has 1 N–H and O–H groups in total. The predicted octanol–water partition coefficient (Wildman–Crippen LogP) is 3.26. The minimum atomic E-state index is -0.441. The normalized spacial score (nSPS) is 10.1. The van der Waals surface area contributed by atoms with Gasteiger partial charge in [0.05, 0.1) is 6.61 Å². The van der Waals surface area contributed by atoms with Gasteiger partial charge in [-0.05, 0) is 56.2 Å². The van der Waals surface area contributed by atoms with Crippen molar-refractivity contribution >= 4 is 17.6 Å². The Morgan fingerprint density at radius 2 is 1.65 bits per heavy atom. The van der Waals surface area contributed by atoms with Crippen LogP contribution in [0.3, 0.4) is 0 Å². The number of hydrogen-bond donors (Lipinski definition) is 1. The van der Waals surface area contributed by atoms with Crippen LogP contribution < -0.4 is 14.8 Å². The van der Waals surface area contributed by atoms with Gasteiger partial charge in [-0.3, -0.25) is 4.79 Å². The van der Waals surface area contributed by atoms with Crippen LogP contribution in [0.4, 0.5) is 5.69 Å². The molecule has 2 rings (SSSR count). The van der Waals surface area contributed by atoms with Crippen molar-refractivity contribution < 1.29 is 23.8 Å². The van der Waals surface area contributed by atoms with Crippen molar-refractivity contribution in [2.45, 2.75) is 20.8 Å². The Morgan fingerprint density at radius 1 is 0.923 bits per heavy atom. The van der Waals surface area contributed by atoms with Crippen LogP contribution in [-0.4, -0.2) is 31.7 Å². The van der Waals surface area contributed by atoms with Crippen LogP contribution in [-0.2, 0) is 14.3 Å². The number of hydrogen-bond acceptors (Lipinski definition) is 5. The topological polar surface area (TPSA) is 73.9 Å². The highest BCUT2D eigenvalue weighted by molar-refractivity contribution is 5.92. The molecule has 0 unspecified atom stereocenters. The monoisotopic (exact) mass is 357 g/mol. The van der Waals surface area contributed by atoms with E-state index in [1.807, 2.05) is 32.0 Å². The summed E-state index contributed by atoms with van der Waals surface area (Å²) in [6.07, 6.45) is 0. The van der Waals surface area contributed by atoms with Crippen molar-refractivity contribution in [2.24, 2.45) is 0 Å². The molecular weight excluding hydrogens is 334 g/mol. The summed E-state index contributed by atoms with van der Waals surface area (Å²) in [6, 6.07) is 12.5. The fourth-order valence-corrected chi connectivity index (χ4v) is 2.16. The van der Waals surface area contributed by atoms with Gasteiger partial charge in [0, 0.05) is 11.8 Å². The van der Waals surface area contributed by atoms with Crippen LogP contribution in [0.15, 0.2) is 42.5 Å². The lowest BCUT2D eigenvalue weighted by atomic mass is 10.1. The fourth-order valence-electron chi connectivity index (χ4n) is 2.16. The Labute approximate surface area is 153 Å². The van der Waals surface area contributed by atoms with E-state index in [9.17, 15) is 9.59 Å². The quantitative estimate of drug-likeness (QED) is 0.734. The molecule has 1 amide bonds. The Kier molecular flexibility index (Phi) is 7.02. The van der Waals surface area contributed by atoms with Crippen LogP contribution in [0, 0.1) is 13.8 Å². The molecule has 0 fully saturated rings. The molecule has 6 heteroatoms. The van der Waals surface area contributed by atoms with Gasteiger partial charge < -0.3 is 19.5 Å². The van der Waals surface area contributed by atoms with Crippen molar-refractivity contribution in [3.8, 4) is 11.5 Å². The van der Waals surface area contributed by atoms with E-state index >= 15 is 0 Å². The van der Waals surface area contributed by atoms with E-state index in [0.29, 0.717) is 23.8 Å². The summed E-state index contributed by atoms with van der Waals surface area (Å²) in [7, 11) is 0.